The fourth-order valence-corrected chi connectivity index (χ4v) is 2.21. The minimum atomic E-state index is -1.02. The molecule has 0 aromatic heterocycles. The molecule has 1 rings (SSSR count). The third-order valence-electron chi connectivity index (χ3n) is 4.13. The van der Waals surface area contributed by atoms with Gasteiger partial charge in [-0.25, -0.2) is 4.79 Å². The van der Waals surface area contributed by atoms with Crippen molar-refractivity contribution in [3.63, 3.8) is 0 Å². The van der Waals surface area contributed by atoms with Crippen molar-refractivity contribution in [2.75, 3.05) is 19.7 Å². The van der Waals surface area contributed by atoms with Gasteiger partial charge in [-0.3, -0.25) is 10.7 Å². The van der Waals surface area contributed by atoms with Gasteiger partial charge in [0.25, 0.3) is 6.29 Å². The van der Waals surface area contributed by atoms with Crippen LogP contribution in [0.5, 0.6) is 5.75 Å². The predicted octanol–water partition coefficient (Wildman–Crippen LogP) is 4.08. The van der Waals surface area contributed by atoms with Crippen LogP contribution in [-0.4, -0.2) is 49.0 Å². The van der Waals surface area contributed by atoms with Gasteiger partial charge in [0.15, 0.2) is 0 Å². The van der Waals surface area contributed by atoms with Crippen LogP contribution in [0.2, 0.25) is 0 Å². The van der Waals surface area contributed by atoms with E-state index in [4.69, 9.17) is 19.9 Å². The molecule has 0 saturated carbocycles. The van der Waals surface area contributed by atoms with E-state index >= 15 is 0 Å². The maximum absolute atomic E-state index is 12.6. The van der Waals surface area contributed by atoms with E-state index in [0.717, 1.165) is 5.92 Å². The van der Waals surface area contributed by atoms with Crippen molar-refractivity contribution < 1.29 is 86.0 Å². The van der Waals surface area contributed by atoms with Gasteiger partial charge in [0.05, 0.1) is 0 Å². The molecule has 1 unspecified atom stereocenters. The number of amides is 1. The Morgan fingerprint density at radius 1 is 1.12 bits per heavy atom. The third-order valence-corrected chi connectivity index (χ3v) is 4.13. The number of rotatable bonds is 11. The normalized spacial score (nSPS) is 11.9. The minimum absolute atomic E-state index is 0. The SMILES string of the molecule is [CH2-]C.[CH2-]CN(C[C-](C)COc1[c-]cccc1)C(=O)OC(OC(=O)[C@H](N)C(C)C)C(C)C.[U+2].[U+2]. The predicted molar refractivity (Wildman–Crippen MR) is 122 cm³/mol. The number of esters is 1. The zero-order valence-corrected chi connectivity index (χ0v) is 29.0. The summed E-state index contributed by atoms with van der Waals surface area (Å²) in [4.78, 5) is 26.1. The summed E-state index contributed by atoms with van der Waals surface area (Å²) < 4.78 is 16.4. The molecule has 0 heterocycles. The fourth-order valence-electron chi connectivity index (χ4n) is 2.21. The molecule has 0 aliphatic carbocycles. The first kappa shape index (κ1) is 37.4. The van der Waals surface area contributed by atoms with Gasteiger partial charge < -0.3 is 38.7 Å². The van der Waals surface area contributed by atoms with Gasteiger partial charge in [-0.15, -0.1) is 18.7 Å². The summed E-state index contributed by atoms with van der Waals surface area (Å²) in [7, 11) is 0. The van der Waals surface area contributed by atoms with Crippen molar-refractivity contribution in [3.8, 4) is 5.75 Å². The molecule has 0 spiro atoms. The van der Waals surface area contributed by atoms with E-state index in [0.29, 0.717) is 18.9 Å². The van der Waals surface area contributed by atoms with Crippen LogP contribution >= 0.6 is 0 Å². The number of hydrogen-bond acceptors (Lipinski definition) is 6. The van der Waals surface area contributed by atoms with E-state index < -0.39 is 24.4 Å². The van der Waals surface area contributed by atoms with Crippen molar-refractivity contribution in [3.05, 3.63) is 50.1 Å². The molecule has 2 atom stereocenters. The Balaban J connectivity index is -0.00000218. The van der Waals surface area contributed by atoms with Crippen LogP contribution in [0.15, 0.2) is 24.3 Å². The summed E-state index contributed by atoms with van der Waals surface area (Å²) in [5.41, 5.74) is 5.82. The van der Waals surface area contributed by atoms with E-state index in [1.54, 1.807) is 26.8 Å². The second-order valence-electron chi connectivity index (χ2n) is 7.60. The van der Waals surface area contributed by atoms with Crippen molar-refractivity contribution in [2.45, 2.75) is 53.9 Å². The Morgan fingerprint density at radius 3 is 2.18 bits per heavy atom. The third kappa shape index (κ3) is 15.4. The molecule has 9 heteroatoms. The Labute approximate surface area is 248 Å². The zero-order chi connectivity index (χ0) is 24.0. The second kappa shape index (κ2) is 21.1. The largest absolute Gasteiger partial charge is 2.00 e. The number of carbonyl (C=O) groups is 2. The first-order chi connectivity index (χ1) is 14.6. The molecule has 1 aromatic carbocycles. The average molecular weight is 911 g/mol. The van der Waals surface area contributed by atoms with E-state index in [1.807, 2.05) is 39.0 Å². The van der Waals surface area contributed by atoms with E-state index in [-0.39, 0.29) is 80.6 Å². The number of nitrogens with two attached hydrogens (primary N) is 1. The van der Waals surface area contributed by atoms with Gasteiger partial charge in [0, 0.05) is 11.7 Å². The summed E-state index contributed by atoms with van der Waals surface area (Å²) in [5.74, 6) is 0.631. The molecular weight excluding hydrogens is 872 g/mol. The number of benzene rings is 1. The molecule has 0 radical (unpaired) electrons. The summed E-state index contributed by atoms with van der Waals surface area (Å²) in [6.45, 7) is 18.7. The maximum atomic E-state index is 12.6. The Morgan fingerprint density at radius 2 is 1.73 bits per heavy atom. The Bertz CT molecular complexity index is 633. The van der Waals surface area contributed by atoms with Crippen molar-refractivity contribution in [2.24, 2.45) is 17.6 Å². The Hall–Kier alpha value is -0.176. The van der Waals surface area contributed by atoms with Gasteiger partial charge in [-0.1, -0.05) is 34.2 Å². The zero-order valence-electron chi connectivity index (χ0n) is 20.7. The van der Waals surface area contributed by atoms with Crippen LogP contribution in [0.25, 0.3) is 0 Å². The van der Waals surface area contributed by atoms with Crippen molar-refractivity contribution in [1.82, 2.24) is 4.90 Å². The first-order valence-electron chi connectivity index (χ1n) is 10.5. The summed E-state index contributed by atoms with van der Waals surface area (Å²) >= 11 is 0. The summed E-state index contributed by atoms with van der Waals surface area (Å²) in [5, 5.41) is 0. The number of para-hydroxylation sites is 1. The topological polar surface area (TPSA) is 91.1 Å². The molecule has 2 N–H and O–H groups in total. The monoisotopic (exact) mass is 910 g/mol. The van der Waals surface area contributed by atoms with Crippen molar-refractivity contribution in [1.29, 1.82) is 0 Å². The Kier molecular flexibility index (Phi) is 23.9. The molecule has 1 aromatic rings. The first-order valence-corrected chi connectivity index (χ1v) is 10.5. The number of ether oxygens (including phenoxy) is 3. The van der Waals surface area contributed by atoms with Crippen LogP contribution in [0.3, 0.4) is 0 Å². The van der Waals surface area contributed by atoms with Crippen LogP contribution in [0.1, 0.15) is 41.5 Å². The summed E-state index contributed by atoms with van der Waals surface area (Å²) in [6, 6.07) is 9.49. The van der Waals surface area contributed by atoms with Crippen LogP contribution in [0, 0.1) is 99.9 Å². The molecule has 0 bridgehead atoms. The molecular formula is C24H38N2O5U2. The molecule has 0 aliphatic rings. The van der Waals surface area contributed by atoms with Gasteiger partial charge in [-0.2, -0.15) is 32.0 Å². The second-order valence-corrected chi connectivity index (χ2v) is 7.60. The standard InChI is InChI=1S/C22H33N2O5.C2H5.2U/c1-7-24(13-17(6)14-27-18-11-9-8-10-12-18)22(26)29-21(16(4)5)28-20(25)19(23)15(2)3;1-2;;/h8-11,15-16,19,21H,1,7,13-14,23H2,2-6H3;1H2,2H3;;/q-3;-1;2*+2/t19-,21?;;;/m1.../s1. The van der Waals surface area contributed by atoms with Gasteiger partial charge >= 0.3 is 74.3 Å². The van der Waals surface area contributed by atoms with E-state index in [9.17, 15) is 9.59 Å². The van der Waals surface area contributed by atoms with Gasteiger partial charge in [-0.05, 0) is 12.5 Å². The maximum Gasteiger partial charge on any atom is 2.00 e. The molecule has 7 nitrogen and oxygen atoms in total. The quantitative estimate of drug-likeness (QED) is 0.205. The van der Waals surface area contributed by atoms with Crippen LogP contribution in [-0.2, 0) is 14.3 Å². The average Bonchev–Trinajstić information content (AvgIpc) is 2.76. The van der Waals surface area contributed by atoms with E-state index in [1.165, 1.54) is 4.90 Å². The van der Waals surface area contributed by atoms with Crippen LogP contribution < -0.4 is 10.5 Å². The number of nitrogens with zero attached hydrogens (tertiary/aromatic N) is 1. The van der Waals surface area contributed by atoms with Crippen molar-refractivity contribution >= 4 is 12.1 Å². The fraction of sp³-hybridized carbons (Fsp3) is 0.542. The summed E-state index contributed by atoms with van der Waals surface area (Å²) in [6.07, 6.45) is -1.64. The molecule has 33 heavy (non-hydrogen) atoms. The molecule has 0 saturated heterocycles. The molecule has 0 fully saturated rings. The number of carbonyl (C=O) groups excluding carboxylic acids is 2. The molecule has 1 amide bonds. The molecule has 0 aliphatic heterocycles. The van der Waals surface area contributed by atoms with Crippen LogP contribution in [0.4, 0.5) is 4.79 Å². The number of hydrogen-bond donors (Lipinski definition) is 1. The minimum Gasteiger partial charge on any atom is -0.551 e. The van der Waals surface area contributed by atoms with E-state index in [2.05, 4.69) is 19.9 Å². The smallest absolute Gasteiger partial charge is 0.551 e. The molecule has 182 valence electrons. The van der Waals surface area contributed by atoms with Gasteiger partial charge in [0.2, 0.25) is 0 Å². The van der Waals surface area contributed by atoms with Gasteiger partial charge in [0.1, 0.15) is 6.04 Å².